The van der Waals surface area contributed by atoms with Gasteiger partial charge in [-0.15, -0.1) is 0 Å². The zero-order valence-electron chi connectivity index (χ0n) is 43.5. The molecule has 0 aromatic heterocycles. The zero-order valence-corrected chi connectivity index (χ0v) is 43.5. The van der Waals surface area contributed by atoms with Crippen molar-refractivity contribution in [1.29, 1.82) is 0 Å². The first-order valence-corrected chi connectivity index (χ1v) is 28.5. The molecule has 0 radical (unpaired) electrons. The summed E-state index contributed by atoms with van der Waals surface area (Å²) < 4.78 is 6.10. The molecule has 0 bridgehead atoms. The Kier molecular flexibility index (Phi) is 40.8. The molecule has 2 heteroatoms. The van der Waals surface area contributed by atoms with Crippen molar-refractivity contribution in [2.75, 3.05) is 6.61 Å². The van der Waals surface area contributed by atoms with Crippen molar-refractivity contribution >= 4 is 5.97 Å². The van der Waals surface area contributed by atoms with E-state index in [0.717, 1.165) is 25.2 Å². The highest BCUT2D eigenvalue weighted by Crippen LogP contribution is 2.62. The minimum Gasteiger partial charge on any atom is -0.466 e. The smallest absolute Gasteiger partial charge is 0.312 e. The molecule has 0 saturated carbocycles. The van der Waals surface area contributed by atoms with Gasteiger partial charge in [-0.3, -0.25) is 4.79 Å². The lowest BCUT2D eigenvalue weighted by Crippen LogP contribution is -2.48. The second kappa shape index (κ2) is 41.2. The predicted octanol–water partition coefficient (Wildman–Crippen LogP) is 21.1. The molecule has 0 spiro atoms. The van der Waals surface area contributed by atoms with Crippen molar-refractivity contribution in [3.63, 3.8) is 0 Å². The predicted molar refractivity (Wildman–Crippen MR) is 271 cm³/mol. The summed E-state index contributed by atoms with van der Waals surface area (Å²) in [5.74, 6) is 0.918. The third kappa shape index (κ3) is 25.1. The fourth-order valence-electron chi connectivity index (χ4n) is 12.0. The molecule has 360 valence electrons. The quantitative estimate of drug-likeness (QED) is 0.0450. The van der Waals surface area contributed by atoms with E-state index < -0.39 is 0 Å². The van der Waals surface area contributed by atoms with Gasteiger partial charge in [-0.05, 0) is 87.9 Å². The molecule has 0 saturated heterocycles. The van der Waals surface area contributed by atoms with Gasteiger partial charge in [0.25, 0.3) is 0 Å². The van der Waals surface area contributed by atoms with E-state index in [4.69, 9.17) is 4.74 Å². The fourth-order valence-corrected chi connectivity index (χ4v) is 12.0. The van der Waals surface area contributed by atoms with Crippen molar-refractivity contribution in [1.82, 2.24) is 0 Å². The molecule has 0 aliphatic heterocycles. The first-order chi connectivity index (χ1) is 29.3. The lowest BCUT2D eigenvalue weighted by atomic mass is 9.47. The summed E-state index contributed by atoms with van der Waals surface area (Å²) >= 11 is 0. The standard InChI is InChI=1S/C58H116O2/c1-10-19-27-35-44-54(45-43-48-56(55(59)60-18-9,46-36-28-20-11-2)47-37-29-21-12-3)58(52-41-33-25-16-7,53-42-34-26-17-8)57(49-38-30-22-13-4,50-39-31-23-14-5)51-40-32-24-15-6/h54H,10-53H2,1-9H3. The van der Waals surface area contributed by atoms with Gasteiger partial charge in [0.05, 0.1) is 12.0 Å². The fraction of sp³-hybridized carbons (Fsp3) is 0.983. The minimum atomic E-state index is -0.299. The van der Waals surface area contributed by atoms with E-state index in [2.05, 4.69) is 55.4 Å². The summed E-state index contributed by atoms with van der Waals surface area (Å²) in [7, 11) is 0. The number of hydrogen-bond donors (Lipinski definition) is 0. The van der Waals surface area contributed by atoms with Gasteiger partial charge in [0.15, 0.2) is 0 Å². The summed E-state index contributed by atoms with van der Waals surface area (Å²) in [5, 5.41) is 0. The maximum Gasteiger partial charge on any atom is 0.312 e. The lowest BCUT2D eigenvalue weighted by molar-refractivity contribution is -0.157. The highest BCUT2D eigenvalue weighted by molar-refractivity contribution is 5.76. The van der Waals surface area contributed by atoms with Crippen LogP contribution >= 0.6 is 0 Å². The largest absolute Gasteiger partial charge is 0.466 e. The van der Waals surface area contributed by atoms with Crippen LogP contribution in [0.3, 0.4) is 0 Å². The van der Waals surface area contributed by atoms with Gasteiger partial charge in [-0.25, -0.2) is 0 Å². The Morgan fingerprint density at radius 3 is 0.950 bits per heavy atom. The summed E-state index contributed by atoms with van der Waals surface area (Å²) in [6.45, 7) is 21.6. The summed E-state index contributed by atoms with van der Waals surface area (Å²) in [6.07, 6.45) is 57.7. The second-order valence-corrected chi connectivity index (χ2v) is 20.6. The van der Waals surface area contributed by atoms with Crippen LogP contribution in [-0.4, -0.2) is 12.6 Å². The summed E-state index contributed by atoms with van der Waals surface area (Å²) in [4.78, 5) is 14.4. The number of ether oxygens (including phenoxy) is 1. The molecule has 0 N–H and O–H groups in total. The van der Waals surface area contributed by atoms with E-state index in [0.29, 0.717) is 17.4 Å². The number of carbonyl (C=O) groups is 1. The van der Waals surface area contributed by atoms with E-state index in [-0.39, 0.29) is 11.4 Å². The molecule has 0 fully saturated rings. The van der Waals surface area contributed by atoms with Crippen LogP contribution in [0.5, 0.6) is 0 Å². The van der Waals surface area contributed by atoms with Gasteiger partial charge >= 0.3 is 5.97 Å². The first kappa shape index (κ1) is 59.5. The van der Waals surface area contributed by atoms with Crippen LogP contribution < -0.4 is 0 Å². The number of hydrogen-bond acceptors (Lipinski definition) is 2. The molecule has 0 aromatic carbocycles. The Morgan fingerprint density at radius 2 is 0.617 bits per heavy atom. The number of rotatable bonds is 48. The number of unbranched alkanes of at least 4 members (excludes halogenated alkanes) is 24. The minimum absolute atomic E-state index is 0.153. The van der Waals surface area contributed by atoms with Crippen molar-refractivity contribution in [2.24, 2.45) is 22.2 Å². The Balaban J connectivity index is 7.72. The lowest BCUT2D eigenvalue weighted by Gasteiger charge is -2.57. The van der Waals surface area contributed by atoms with Gasteiger partial charge in [-0.1, -0.05) is 267 Å². The molecule has 0 aromatic rings. The van der Waals surface area contributed by atoms with Gasteiger partial charge < -0.3 is 4.74 Å². The third-order valence-electron chi connectivity index (χ3n) is 15.7. The van der Waals surface area contributed by atoms with E-state index in [1.807, 2.05) is 6.92 Å². The van der Waals surface area contributed by atoms with E-state index >= 15 is 0 Å². The first-order valence-electron chi connectivity index (χ1n) is 28.5. The molecule has 60 heavy (non-hydrogen) atoms. The van der Waals surface area contributed by atoms with Crippen LogP contribution in [-0.2, 0) is 9.53 Å². The number of carbonyl (C=O) groups excluding carboxylic acids is 1. The van der Waals surface area contributed by atoms with Crippen LogP contribution in [0.25, 0.3) is 0 Å². The van der Waals surface area contributed by atoms with E-state index in [1.54, 1.807) is 0 Å². The maximum atomic E-state index is 14.4. The molecular weight excluding hydrogens is 729 g/mol. The van der Waals surface area contributed by atoms with Gasteiger partial charge in [0.2, 0.25) is 0 Å². The van der Waals surface area contributed by atoms with Gasteiger partial charge in [-0.2, -0.15) is 0 Å². The second-order valence-electron chi connectivity index (χ2n) is 20.6. The highest BCUT2D eigenvalue weighted by atomic mass is 16.5. The monoisotopic (exact) mass is 845 g/mol. The molecule has 0 rings (SSSR count). The normalized spacial score (nSPS) is 13.0. The van der Waals surface area contributed by atoms with Crippen molar-refractivity contribution < 1.29 is 9.53 Å². The SMILES string of the molecule is CCCCCCC(CCCC(CCCCCC)(CCCCCC)C(=O)OCC)C(CCCCCC)(CCCCCC)C(CCCCCC)(CCCCCC)CCCCCC. The maximum absolute atomic E-state index is 14.4. The Bertz CT molecular complexity index is 836. The van der Waals surface area contributed by atoms with Crippen LogP contribution in [0.2, 0.25) is 0 Å². The summed E-state index contributed by atoms with van der Waals surface area (Å²) in [6, 6.07) is 0. The summed E-state index contributed by atoms with van der Waals surface area (Å²) in [5.41, 5.74) is 0.543. The molecule has 1 atom stereocenters. The van der Waals surface area contributed by atoms with Crippen molar-refractivity contribution in [2.45, 2.75) is 338 Å². The molecule has 0 aliphatic carbocycles. The molecule has 0 amide bonds. The molecular formula is C58H116O2. The van der Waals surface area contributed by atoms with Crippen molar-refractivity contribution in [3.05, 3.63) is 0 Å². The average Bonchev–Trinajstić information content (AvgIpc) is 3.25. The van der Waals surface area contributed by atoms with Crippen LogP contribution in [0.4, 0.5) is 0 Å². The molecule has 2 nitrogen and oxygen atoms in total. The highest BCUT2D eigenvalue weighted by Gasteiger charge is 2.52. The Morgan fingerprint density at radius 1 is 0.333 bits per heavy atom. The van der Waals surface area contributed by atoms with Crippen LogP contribution in [0.15, 0.2) is 0 Å². The van der Waals surface area contributed by atoms with Crippen molar-refractivity contribution in [3.8, 4) is 0 Å². The Hall–Kier alpha value is -0.530. The number of esters is 1. The van der Waals surface area contributed by atoms with Crippen LogP contribution in [0.1, 0.15) is 338 Å². The van der Waals surface area contributed by atoms with Crippen LogP contribution in [0, 0.1) is 22.2 Å². The van der Waals surface area contributed by atoms with E-state index in [1.165, 1.54) is 257 Å². The molecule has 1 unspecified atom stereocenters. The zero-order chi connectivity index (χ0) is 44.5. The Labute approximate surface area is 381 Å². The van der Waals surface area contributed by atoms with Gasteiger partial charge in [0, 0.05) is 0 Å². The molecule has 0 aliphatic rings. The van der Waals surface area contributed by atoms with E-state index in [9.17, 15) is 4.79 Å². The van der Waals surface area contributed by atoms with Gasteiger partial charge in [0.1, 0.15) is 0 Å². The topological polar surface area (TPSA) is 26.3 Å². The molecule has 0 heterocycles. The third-order valence-corrected chi connectivity index (χ3v) is 15.7. The average molecular weight is 846 g/mol.